The Morgan fingerprint density at radius 2 is 1.52 bits per heavy atom. The van der Waals surface area contributed by atoms with Gasteiger partial charge in [-0.2, -0.15) is 0 Å². The second-order valence-corrected chi connectivity index (χ2v) is 6.26. The van der Waals surface area contributed by atoms with Gasteiger partial charge in [-0.3, -0.25) is 4.79 Å². The van der Waals surface area contributed by atoms with E-state index in [0.29, 0.717) is 0 Å². The number of alkyl carbamates (subject to hydrolysis) is 1. The number of ether oxygens (including phenoxy) is 1. The molecule has 0 aromatic heterocycles. The zero-order valence-electron chi connectivity index (χ0n) is 15.7. The molecule has 2 aromatic carbocycles. The number of benzene rings is 2. The smallest absolute Gasteiger partial charge is 0.408 e. The molecule has 0 saturated heterocycles. The van der Waals surface area contributed by atoms with Crippen molar-refractivity contribution in [1.29, 1.82) is 0 Å². The van der Waals surface area contributed by atoms with Gasteiger partial charge in [0.15, 0.2) is 0 Å². The summed E-state index contributed by atoms with van der Waals surface area (Å²) in [6.45, 7) is 0.0429. The monoisotopic (exact) mass is 394 g/mol. The number of amides is 2. The Balaban J connectivity index is 2.05. The lowest BCUT2D eigenvalue weighted by atomic mass is 10.0. The van der Waals surface area contributed by atoms with E-state index in [1.807, 2.05) is 24.3 Å². The predicted octanol–water partition coefficient (Wildman–Crippen LogP) is 2.12. The van der Waals surface area contributed by atoms with Crippen molar-refractivity contribution in [3.05, 3.63) is 71.8 Å². The number of carbonyl (C=O) groups is 3. The lowest BCUT2D eigenvalue weighted by molar-refractivity contribution is -0.141. The summed E-state index contributed by atoms with van der Waals surface area (Å²) in [5.74, 6) is 0.307. The topological polar surface area (TPSA) is 105 Å². The number of hydrogen-bond donors (Lipinski definition) is 3. The van der Waals surface area contributed by atoms with Crippen LogP contribution < -0.4 is 10.6 Å². The number of rotatable bonds is 9. The van der Waals surface area contributed by atoms with Crippen LogP contribution in [0.4, 0.5) is 4.79 Å². The van der Waals surface area contributed by atoms with Crippen LogP contribution in [0.25, 0.3) is 0 Å². The molecule has 7 heteroatoms. The van der Waals surface area contributed by atoms with Crippen LogP contribution in [0, 0.1) is 12.3 Å². The van der Waals surface area contributed by atoms with Gasteiger partial charge in [0, 0.05) is 12.8 Å². The van der Waals surface area contributed by atoms with Crippen LogP contribution in [0.3, 0.4) is 0 Å². The minimum Gasteiger partial charge on any atom is -0.480 e. The van der Waals surface area contributed by atoms with Gasteiger partial charge in [-0.05, 0) is 11.1 Å². The van der Waals surface area contributed by atoms with Crippen LogP contribution in [0.15, 0.2) is 60.7 Å². The summed E-state index contributed by atoms with van der Waals surface area (Å²) in [6.07, 6.45) is 4.37. The van der Waals surface area contributed by atoms with Gasteiger partial charge in [-0.25, -0.2) is 9.59 Å². The van der Waals surface area contributed by atoms with E-state index in [4.69, 9.17) is 11.2 Å². The molecule has 0 saturated carbocycles. The summed E-state index contributed by atoms with van der Waals surface area (Å²) < 4.78 is 5.17. The number of carbonyl (C=O) groups excluding carboxylic acids is 2. The predicted molar refractivity (Wildman–Crippen MR) is 107 cm³/mol. The van der Waals surface area contributed by atoms with E-state index in [0.717, 1.165) is 11.1 Å². The molecule has 0 spiro atoms. The Morgan fingerprint density at radius 1 is 0.931 bits per heavy atom. The van der Waals surface area contributed by atoms with E-state index >= 15 is 0 Å². The zero-order valence-corrected chi connectivity index (χ0v) is 15.7. The highest BCUT2D eigenvalue weighted by molar-refractivity contribution is 5.89. The van der Waals surface area contributed by atoms with Gasteiger partial charge in [-0.1, -0.05) is 60.7 Å². The molecule has 2 aromatic rings. The third kappa shape index (κ3) is 7.39. The third-order valence-corrected chi connectivity index (χ3v) is 4.04. The summed E-state index contributed by atoms with van der Waals surface area (Å²) in [5.41, 5.74) is 1.59. The molecule has 0 aliphatic heterocycles. The van der Waals surface area contributed by atoms with Crippen molar-refractivity contribution in [1.82, 2.24) is 10.6 Å². The summed E-state index contributed by atoms with van der Waals surface area (Å²) in [6, 6.07) is 15.9. The highest BCUT2D eigenvalue weighted by atomic mass is 16.5. The van der Waals surface area contributed by atoms with Crippen LogP contribution in [0.2, 0.25) is 0 Å². The lowest BCUT2D eigenvalue weighted by Crippen LogP contribution is -2.52. The molecule has 2 rings (SSSR count). The van der Waals surface area contributed by atoms with Gasteiger partial charge in [-0.15, -0.1) is 12.3 Å². The van der Waals surface area contributed by atoms with Crippen LogP contribution in [0.5, 0.6) is 0 Å². The first-order valence-corrected chi connectivity index (χ1v) is 8.97. The molecular weight excluding hydrogens is 372 g/mol. The van der Waals surface area contributed by atoms with E-state index < -0.39 is 30.1 Å². The molecule has 2 amide bonds. The molecule has 0 fully saturated rings. The van der Waals surface area contributed by atoms with E-state index in [9.17, 15) is 19.5 Å². The first-order chi connectivity index (χ1) is 14.0. The second kappa shape index (κ2) is 11.1. The quantitative estimate of drug-likeness (QED) is 0.565. The Hall–Kier alpha value is -3.79. The summed E-state index contributed by atoms with van der Waals surface area (Å²) in [4.78, 5) is 36.1. The van der Waals surface area contributed by atoms with Crippen molar-refractivity contribution in [2.24, 2.45) is 0 Å². The Bertz CT molecular complexity index is 862. The van der Waals surface area contributed by atoms with Crippen molar-refractivity contribution in [3.8, 4) is 12.3 Å². The molecule has 0 unspecified atom stereocenters. The average Bonchev–Trinajstić information content (AvgIpc) is 2.73. The number of terminal acetylenes is 1. The van der Waals surface area contributed by atoms with E-state index in [2.05, 4.69) is 16.6 Å². The maximum atomic E-state index is 12.6. The van der Waals surface area contributed by atoms with Gasteiger partial charge in [0.25, 0.3) is 0 Å². The second-order valence-electron chi connectivity index (χ2n) is 6.26. The maximum Gasteiger partial charge on any atom is 0.408 e. The van der Waals surface area contributed by atoms with Crippen molar-refractivity contribution in [3.63, 3.8) is 0 Å². The molecular formula is C22H22N2O5. The Morgan fingerprint density at radius 3 is 2.07 bits per heavy atom. The van der Waals surface area contributed by atoms with Gasteiger partial charge in [0.2, 0.25) is 5.91 Å². The molecule has 0 radical (unpaired) electrons. The van der Waals surface area contributed by atoms with Crippen LogP contribution in [-0.2, 0) is 27.4 Å². The van der Waals surface area contributed by atoms with Crippen LogP contribution in [0.1, 0.15) is 17.5 Å². The van der Waals surface area contributed by atoms with Crippen molar-refractivity contribution in [2.75, 3.05) is 0 Å². The fraction of sp³-hybridized carbons (Fsp3) is 0.227. The summed E-state index contributed by atoms with van der Waals surface area (Å²) in [7, 11) is 0. The SMILES string of the molecule is C#CC[C@@H](NC(=O)[C@@H](Cc1ccccc1)NC(=O)OCc1ccccc1)C(=O)O. The van der Waals surface area contributed by atoms with Gasteiger partial charge >= 0.3 is 12.1 Å². The Labute approximate surface area is 169 Å². The third-order valence-electron chi connectivity index (χ3n) is 4.04. The molecule has 2 atom stereocenters. The Kier molecular flexibility index (Phi) is 8.27. The number of hydrogen-bond acceptors (Lipinski definition) is 4. The van der Waals surface area contributed by atoms with E-state index in [1.165, 1.54) is 0 Å². The van der Waals surface area contributed by atoms with Crippen LogP contribution in [-0.4, -0.2) is 35.2 Å². The highest BCUT2D eigenvalue weighted by Crippen LogP contribution is 2.06. The molecule has 7 nitrogen and oxygen atoms in total. The summed E-state index contributed by atoms with van der Waals surface area (Å²) >= 11 is 0. The summed E-state index contributed by atoms with van der Waals surface area (Å²) in [5, 5.41) is 14.1. The molecule has 3 N–H and O–H groups in total. The van der Waals surface area contributed by atoms with Gasteiger partial charge in [0.05, 0.1) is 0 Å². The van der Waals surface area contributed by atoms with Gasteiger partial charge in [0.1, 0.15) is 18.7 Å². The van der Waals surface area contributed by atoms with E-state index in [-0.39, 0.29) is 19.4 Å². The average molecular weight is 394 g/mol. The number of aliphatic carboxylic acids is 1. The lowest BCUT2D eigenvalue weighted by Gasteiger charge is -2.20. The van der Waals surface area contributed by atoms with Gasteiger partial charge < -0.3 is 20.5 Å². The molecule has 29 heavy (non-hydrogen) atoms. The van der Waals surface area contributed by atoms with Crippen molar-refractivity contribution >= 4 is 18.0 Å². The number of carboxylic acid groups (broad SMARTS) is 1. The minimum absolute atomic E-state index is 0.0429. The maximum absolute atomic E-state index is 12.6. The fourth-order valence-electron chi connectivity index (χ4n) is 2.56. The van der Waals surface area contributed by atoms with Crippen molar-refractivity contribution < 1.29 is 24.2 Å². The molecule has 0 aliphatic rings. The molecule has 0 heterocycles. The normalized spacial score (nSPS) is 12.1. The molecule has 150 valence electrons. The fourth-order valence-corrected chi connectivity index (χ4v) is 2.56. The zero-order chi connectivity index (χ0) is 21.1. The highest BCUT2D eigenvalue weighted by Gasteiger charge is 2.26. The number of nitrogens with one attached hydrogen (secondary N) is 2. The first-order valence-electron chi connectivity index (χ1n) is 8.97. The first kappa shape index (κ1) is 21.5. The largest absolute Gasteiger partial charge is 0.480 e. The molecule has 0 bridgehead atoms. The standard InChI is InChI=1S/C22H22N2O5/c1-2-9-18(21(26)27)23-20(25)19(14-16-10-5-3-6-11-16)24-22(28)29-15-17-12-7-4-8-13-17/h1,3-8,10-13,18-19H,9,14-15H2,(H,23,25)(H,24,28)(H,26,27)/t18-,19-/m1/s1. The van der Waals surface area contributed by atoms with Crippen LogP contribution >= 0.6 is 0 Å². The van der Waals surface area contributed by atoms with Crippen molar-refractivity contribution in [2.45, 2.75) is 31.5 Å². The minimum atomic E-state index is -1.25. The molecule has 0 aliphatic carbocycles. The number of carboxylic acids is 1. The van der Waals surface area contributed by atoms with E-state index in [1.54, 1.807) is 36.4 Å².